The number of carboxylic acid groups (broad SMARTS) is 5. The molecule has 3 saturated heterocycles. The third kappa shape index (κ3) is 38.8. The molecule has 10 atom stereocenters. The van der Waals surface area contributed by atoms with Crippen molar-refractivity contribution in [1.29, 1.82) is 10.8 Å². The van der Waals surface area contributed by atoms with Crippen LogP contribution in [0.2, 0.25) is 0 Å². The third-order valence-corrected chi connectivity index (χ3v) is 20.4. The molecule has 3 fully saturated rings. The van der Waals surface area contributed by atoms with Crippen LogP contribution in [0.25, 0.3) is 0 Å². The minimum Gasteiger partial charge on any atom is -0.481 e. The van der Waals surface area contributed by atoms with Crippen LogP contribution in [-0.2, 0) is 101 Å². The fourth-order valence-corrected chi connectivity index (χ4v) is 14.1. The van der Waals surface area contributed by atoms with Crippen LogP contribution in [0.4, 0.5) is 5.69 Å². The van der Waals surface area contributed by atoms with E-state index in [0.717, 1.165) is 0 Å². The van der Waals surface area contributed by atoms with Crippen molar-refractivity contribution in [2.75, 3.05) is 96.9 Å². The second-order valence-corrected chi connectivity index (χ2v) is 30.5. The molecule has 46 heteroatoms. The number of hydrogen-bond acceptors (Lipinski definition) is 23. The molecule has 125 heavy (non-hydrogen) atoms. The zero-order valence-corrected chi connectivity index (χ0v) is 69.7. The minimum absolute atomic E-state index is 0.0431. The summed E-state index contributed by atoms with van der Waals surface area (Å²) in [7, 11) is 0. The molecule has 6 rings (SSSR count). The maximum atomic E-state index is 14.5. The number of nitrogens with zero attached hydrogens (tertiary/aromatic N) is 3. The quantitative estimate of drug-likeness (QED) is 0.0109. The summed E-state index contributed by atoms with van der Waals surface area (Å²) < 4.78 is 0. The fraction of sp³-hybridized carbons (Fsp3) is 0.519. The van der Waals surface area contributed by atoms with E-state index in [1.165, 1.54) is 0 Å². The van der Waals surface area contributed by atoms with Gasteiger partial charge in [-0.2, -0.15) is 0 Å². The first-order chi connectivity index (χ1) is 59.5. The number of nitrogens with one attached hydrogen (secondary N) is 18. The number of carboxylic acids is 5. The lowest BCUT2D eigenvalue weighted by Gasteiger charge is -2.33. The number of amides is 12. The summed E-state index contributed by atoms with van der Waals surface area (Å²) in [4.78, 5) is 233. The fourth-order valence-electron chi connectivity index (χ4n) is 13.8. The van der Waals surface area contributed by atoms with Crippen molar-refractivity contribution in [2.45, 2.75) is 170 Å². The lowest BCUT2D eigenvalue weighted by atomic mass is 10.0. The zero-order valence-electron chi connectivity index (χ0n) is 68.9. The Bertz CT molecular complexity index is 4270. The second-order valence-electron chi connectivity index (χ2n) is 30.1. The van der Waals surface area contributed by atoms with Crippen molar-refractivity contribution in [3.63, 3.8) is 0 Å². The van der Waals surface area contributed by atoms with Gasteiger partial charge in [0, 0.05) is 89.9 Å². The number of carbonyl (C=O) groups excluding carboxylic acids is 12. The van der Waals surface area contributed by atoms with Gasteiger partial charge in [0.2, 0.25) is 70.9 Å². The Morgan fingerprint density at radius 3 is 1.26 bits per heavy atom. The van der Waals surface area contributed by atoms with Crippen molar-refractivity contribution in [3.8, 4) is 0 Å². The normalized spacial score (nSPS) is 21.0. The van der Waals surface area contributed by atoms with Crippen LogP contribution in [0, 0.1) is 10.8 Å². The number of nitrogens with two attached hydrogens (primary N) is 2. The van der Waals surface area contributed by atoms with E-state index in [0.29, 0.717) is 22.4 Å². The van der Waals surface area contributed by atoms with Crippen molar-refractivity contribution in [2.24, 2.45) is 11.5 Å². The van der Waals surface area contributed by atoms with E-state index >= 15 is 0 Å². The number of guanidine groups is 2. The molecule has 0 spiro atoms. The zero-order chi connectivity index (χ0) is 91.5. The van der Waals surface area contributed by atoms with Crippen molar-refractivity contribution in [1.82, 2.24) is 94.5 Å². The van der Waals surface area contributed by atoms with Crippen LogP contribution in [0.5, 0.6) is 0 Å². The van der Waals surface area contributed by atoms with Gasteiger partial charge in [-0.3, -0.25) is 107 Å². The van der Waals surface area contributed by atoms with E-state index in [1.807, 2.05) is 0 Å². The molecule has 12 amide bonds. The average molecular weight is 1770 g/mol. The molecule has 3 aromatic rings. The van der Waals surface area contributed by atoms with Gasteiger partial charge in [0.15, 0.2) is 17.0 Å². The van der Waals surface area contributed by atoms with Crippen LogP contribution in [0.15, 0.2) is 84.9 Å². The summed E-state index contributed by atoms with van der Waals surface area (Å²) in [6.45, 7) is -1.90. The van der Waals surface area contributed by atoms with E-state index in [4.69, 9.17) is 34.5 Å². The standard InChI is InChI=1S/C79H113N23O22S/c80-77(81)86-29-11-19-51-69(117)88-40-61(104)91-58(38-63(106)107)75(123)97-56(36-46-13-3-1-4-14-46)73(121)95-53(71(119)93-51)17-7-9-27-84-60(103)26-25-55(99-79(125)90-49-23-21-48(22-24-49)35-50-42-101(44-66(112)113)32-31-100(43-65(110)111)33-34-102(50)45-67(114)115)68(116)85-28-10-8-18-54-72(120)94-52(20-12-30-87-78(82)83)70(118)89-41-62(105)92-59(39-64(108)109)76(124)98-57(74(122)96-54)37-47-15-5-2-6-16-47/h1-6,13-16,21-24,50-59H,7-12,17-20,25-45H2,(H,84,103)(H,85,116)(H,88,117)(H,89,118)(H,91,104)(H,92,105)(H,93,119)(H,94,120)(H,95,121)(H,96,122)(H,97,123)(H,98,124)(H,106,107)(H,108,109)(H,110,111)(H,112,113)(H,114,115)(H4,80,81,86)(H4,82,83,87)(H2,90,99,125)/t50?,51-,52-,53-,54-,55-,56+,57+,58-,59-/m0/s1. The first-order valence-corrected chi connectivity index (χ1v) is 41.2. The number of benzene rings is 3. The predicted octanol–water partition coefficient (Wildman–Crippen LogP) is -6.12. The average Bonchev–Trinajstić information content (AvgIpc) is 1.85. The number of aliphatic carboxylic acids is 5. The first-order valence-electron chi connectivity index (χ1n) is 40.7. The van der Waals surface area contributed by atoms with E-state index in [-0.39, 0.29) is 179 Å². The largest absolute Gasteiger partial charge is 0.481 e. The Kier molecular flexibility index (Phi) is 42.6. The van der Waals surface area contributed by atoms with E-state index in [2.05, 4.69) is 85.1 Å². The number of rotatable bonds is 40. The molecule has 45 nitrogen and oxygen atoms in total. The lowest BCUT2D eigenvalue weighted by molar-refractivity contribution is -0.141. The molecule has 0 radical (unpaired) electrons. The Labute approximate surface area is 724 Å². The van der Waals surface area contributed by atoms with Crippen LogP contribution in [-0.4, -0.2) is 310 Å². The number of carbonyl (C=O) groups is 17. The van der Waals surface area contributed by atoms with Gasteiger partial charge in [0.05, 0.1) is 45.6 Å². The summed E-state index contributed by atoms with van der Waals surface area (Å²) in [5, 5.41) is 106. The van der Waals surface area contributed by atoms with Crippen molar-refractivity contribution < 1.29 is 107 Å². The van der Waals surface area contributed by atoms with Crippen molar-refractivity contribution in [3.05, 3.63) is 102 Å². The molecule has 27 N–H and O–H groups in total. The Balaban J connectivity index is 1.23. The summed E-state index contributed by atoms with van der Waals surface area (Å²) in [6, 6.07) is 9.49. The van der Waals surface area contributed by atoms with Gasteiger partial charge in [0.1, 0.15) is 54.4 Å². The van der Waals surface area contributed by atoms with Crippen LogP contribution in [0.1, 0.15) is 107 Å². The van der Waals surface area contributed by atoms with Gasteiger partial charge < -0.3 is 122 Å². The molecular weight excluding hydrogens is 1660 g/mol. The highest BCUT2D eigenvalue weighted by atomic mass is 32.1. The lowest BCUT2D eigenvalue weighted by Crippen LogP contribution is -2.58. The van der Waals surface area contributed by atoms with Gasteiger partial charge in [-0.15, -0.1) is 0 Å². The van der Waals surface area contributed by atoms with Crippen molar-refractivity contribution >= 4 is 136 Å². The van der Waals surface area contributed by atoms with Gasteiger partial charge in [-0.1, -0.05) is 72.8 Å². The Hall–Kier alpha value is -13.2. The van der Waals surface area contributed by atoms with Gasteiger partial charge in [-0.25, -0.2) is 0 Å². The van der Waals surface area contributed by atoms with E-state index < -0.39 is 200 Å². The highest BCUT2D eigenvalue weighted by Gasteiger charge is 2.37. The van der Waals surface area contributed by atoms with Crippen LogP contribution in [0.3, 0.4) is 0 Å². The Morgan fingerprint density at radius 2 is 0.808 bits per heavy atom. The van der Waals surface area contributed by atoms with Crippen LogP contribution >= 0.6 is 12.2 Å². The molecule has 0 saturated carbocycles. The molecular formula is C79H113N23O22S. The molecule has 1 unspecified atom stereocenters. The highest BCUT2D eigenvalue weighted by Crippen LogP contribution is 2.19. The predicted molar refractivity (Wildman–Crippen MR) is 452 cm³/mol. The molecule has 0 bridgehead atoms. The SMILES string of the molecule is N=C(N)NCCC[C@@H]1NC(=O)[C@H](CCCCNC(=O)CC[C@H](NC(=S)Nc2ccc(CC3CN(CC(=O)O)CCN(CC(=O)O)CCN3CC(=O)O)cc2)C(=O)NCCCC[C@@H]2NC(=O)[C@@H](Cc3ccccc3)NC(=O)[C@H](CC(=O)O)NC(=O)CNC(=O)[C@H](CCCNC(=N)N)NC2=O)NC(=O)[C@@H](Cc2ccccc2)NC(=O)[C@H](CC(=O)O)NC(=O)CNC1=O. The number of unbranched alkanes of at least 4 members (excludes halogenated alkanes) is 2. The summed E-state index contributed by atoms with van der Waals surface area (Å²) in [5.74, 6) is -17.8. The second kappa shape index (κ2) is 52.9. The number of anilines is 1. The molecule has 3 aliphatic heterocycles. The Morgan fingerprint density at radius 1 is 0.424 bits per heavy atom. The molecule has 682 valence electrons. The number of hydrogen-bond donors (Lipinski definition) is 25. The van der Waals surface area contributed by atoms with E-state index in [9.17, 15) is 107 Å². The monoisotopic (exact) mass is 1770 g/mol. The molecule has 3 aromatic carbocycles. The number of thiocarbonyl (C=S) groups is 1. The van der Waals surface area contributed by atoms with Gasteiger partial charge in [-0.05, 0) is 118 Å². The van der Waals surface area contributed by atoms with Gasteiger partial charge >= 0.3 is 29.8 Å². The molecule has 3 heterocycles. The maximum Gasteiger partial charge on any atom is 0.317 e. The summed E-state index contributed by atoms with van der Waals surface area (Å²) in [5.41, 5.74) is 13.1. The first kappa shape index (κ1) is 101. The molecule has 3 aliphatic rings. The van der Waals surface area contributed by atoms with Crippen LogP contribution < -0.4 is 96.5 Å². The molecule has 0 aromatic heterocycles. The third-order valence-electron chi connectivity index (χ3n) is 20.1. The van der Waals surface area contributed by atoms with E-state index in [1.54, 1.807) is 99.6 Å². The summed E-state index contributed by atoms with van der Waals surface area (Å²) in [6.07, 6.45) is -2.38. The highest BCUT2D eigenvalue weighted by molar-refractivity contribution is 7.80. The summed E-state index contributed by atoms with van der Waals surface area (Å²) >= 11 is 5.77. The van der Waals surface area contributed by atoms with Gasteiger partial charge in [0.25, 0.3) is 0 Å². The maximum absolute atomic E-state index is 14.5. The molecule has 0 aliphatic carbocycles. The minimum atomic E-state index is -1.74. The topological polar surface area (TPSA) is 693 Å². The smallest absolute Gasteiger partial charge is 0.317 e.